The summed E-state index contributed by atoms with van der Waals surface area (Å²) >= 11 is 1.56. The molecule has 2 aliphatic rings. The van der Waals surface area contributed by atoms with E-state index < -0.39 is 10.0 Å². The van der Waals surface area contributed by atoms with Gasteiger partial charge in [0, 0.05) is 48.5 Å². The second-order valence-electron chi connectivity index (χ2n) is 9.64. The van der Waals surface area contributed by atoms with E-state index in [0.717, 1.165) is 59.2 Å². The molecule has 1 unspecified atom stereocenters. The van der Waals surface area contributed by atoms with Crippen molar-refractivity contribution in [3.63, 3.8) is 0 Å². The summed E-state index contributed by atoms with van der Waals surface area (Å²) in [5.41, 5.74) is 11.8. The molecule has 11 nitrogen and oxygen atoms in total. The molecule has 0 saturated carbocycles. The lowest BCUT2D eigenvalue weighted by molar-refractivity contribution is 0.249. The van der Waals surface area contributed by atoms with Crippen LogP contribution in [0.25, 0.3) is 22.4 Å². The number of aryl methyl sites for hydroxylation is 1. The molecule has 0 bridgehead atoms. The lowest BCUT2D eigenvalue weighted by atomic mass is 9.96. The summed E-state index contributed by atoms with van der Waals surface area (Å²) in [4.78, 5) is 14.6. The highest BCUT2D eigenvalue weighted by molar-refractivity contribution is 7.99. The van der Waals surface area contributed by atoms with Gasteiger partial charge in [-0.05, 0) is 55.4 Å². The second kappa shape index (κ2) is 9.62. The Morgan fingerprint density at radius 2 is 2.16 bits per heavy atom. The van der Waals surface area contributed by atoms with Crippen LogP contribution in [0.4, 0.5) is 11.5 Å². The minimum atomic E-state index is -3.19. The van der Waals surface area contributed by atoms with Crippen molar-refractivity contribution in [2.45, 2.75) is 42.3 Å². The van der Waals surface area contributed by atoms with Gasteiger partial charge in [-0.2, -0.15) is 5.10 Å². The first-order valence-electron chi connectivity index (χ1n) is 12.4. The molecule has 3 aromatic heterocycles. The highest BCUT2D eigenvalue weighted by Gasteiger charge is 2.27. The predicted molar refractivity (Wildman–Crippen MR) is 144 cm³/mol. The third-order valence-corrected chi connectivity index (χ3v) is 9.45. The molecule has 1 fully saturated rings. The molecule has 1 aromatic carbocycles. The van der Waals surface area contributed by atoms with Crippen molar-refractivity contribution in [3.05, 3.63) is 36.3 Å². The molecular weight excluding hydrogens is 510 g/mol. The molecule has 13 heteroatoms. The van der Waals surface area contributed by atoms with Crippen LogP contribution in [-0.4, -0.2) is 68.3 Å². The van der Waals surface area contributed by atoms with Crippen molar-refractivity contribution in [1.82, 2.24) is 34.0 Å². The van der Waals surface area contributed by atoms with Gasteiger partial charge in [-0.3, -0.25) is 5.10 Å². The van der Waals surface area contributed by atoms with Crippen LogP contribution in [0.3, 0.4) is 0 Å². The standard InChI is InChI=1S/C24H29N9O2S2/c1-37(34,35)32-9-2-3-15(13-32)6-10-33-23-21(22(25)27-14-28-23)30-24(33)36-20-12-19-16(4-7-26-19)11-17(20)18-5-8-29-31-18/h5,8,11-12,14-15,26H,2-4,6-7,9-10,13H2,1H3,(H,29,31)(H2,25,27,28). The van der Waals surface area contributed by atoms with E-state index in [1.807, 2.05) is 12.3 Å². The number of nitrogens with two attached hydrogens (primary N) is 1. The fraction of sp³-hybridized carbons (Fsp3) is 0.417. The summed E-state index contributed by atoms with van der Waals surface area (Å²) in [5, 5.41) is 11.6. The monoisotopic (exact) mass is 539 g/mol. The van der Waals surface area contributed by atoms with E-state index in [4.69, 9.17) is 10.7 Å². The summed E-state index contributed by atoms with van der Waals surface area (Å²) < 4.78 is 27.9. The summed E-state index contributed by atoms with van der Waals surface area (Å²) in [6.45, 7) is 2.71. The maximum Gasteiger partial charge on any atom is 0.211 e. The molecule has 4 aromatic rings. The number of anilines is 2. The highest BCUT2D eigenvalue weighted by Crippen LogP contribution is 2.41. The van der Waals surface area contributed by atoms with Crippen LogP contribution in [0.5, 0.6) is 0 Å². The normalized spacial score (nSPS) is 18.2. The number of H-pyrrole nitrogens is 1. The first-order valence-corrected chi connectivity index (χ1v) is 15.0. The highest BCUT2D eigenvalue weighted by atomic mass is 32.2. The number of aromatic nitrogens is 6. The number of aromatic amines is 1. The fourth-order valence-electron chi connectivity index (χ4n) is 5.21. The van der Waals surface area contributed by atoms with Gasteiger partial charge in [0.25, 0.3) is 0 Å². The molecule has 0 radical (unpaired) electrons. The number of nitrogen functional groups attached to an aromatic ring is 1. The van der Waals surface area contributed by atoms with Gasteiger partial charge in [0.1, 0.15) is 6.33 Å². The maximum atomic E-state index is 12.1. The van der Waals surface area contributed by atoms with Crippen molar-refractivity contribution in [1.29, 1.82) is 0 Å². The zero-order valence-electron chi connectivity index (χ0n) is 20.5. The zero-order chi connectivity index (χ0) is 25.6. The van der Waals surface area contributed by atoms with Gasteiger partial charge in [-0.25, -0.2) is 27.7 Å². The molecule has 4 N–H and O–H groups in total. The average molecular weight is 540 g/mol. The predicted octanol–water partition coefficient (Wildman–Crippen LogP) is 2.98. The second-order valence-corrected chi connectivity index (χ2v) is 12.6. The smallest absolute Gasteiger partial charge is 0.211 e. The van der Waals surface area contributed by atoms with Gasteiger partial charge < -0.3 is 15.6 Å². The first-order chi connectivity index (χ1) is 17.9. The number of piperidine rings is 1. The van der Waals surface area contributed by atoms with Crippen molar-refractivity contribution < 1.29 is 8.42 Å². The Morgan fingerprint density at radius 3 is 2.97 bits per heavy atom. The third-order valence-electron chi connectivity index (χ3n) is 7.13. The number of rotatable bonds is 7. The van der Waals surface area contributed by atoms with Gasteiger partial charge in [0.2, 0.25) is 10.0 Å². The number of hydrogen-bond donors (Lipinski definition) is 3. The van der Waals surface area contributed by atoms with E-state index in [0.29, 0.717) is 36.6 Å². The number of benzene rings is 1. The molecule has 6 rings (SSSR count). The van der Waals surface area contributed by atoms with Crippen LogP contribution in [0, 0.1) is 5.92 Å². The van der Waals surface area contributed by atoms with Crippen LogP contribution in [0.15, 0.2) is 40.8 Å². The fourth-order valence-corrected chi connectivity index (χ4v) is 7.22. The summed E-state index contributed by atoms with van der Waals surface area (Å²) in [7, 11) is -3.19. The van der Waals surface area contributed by atoms with E-state index >= 15 is 0 Å². The average Bonchev–Trinajstić information content (AvgIpc) is 3.63. The summed E-state index contributed by atoms with van der Waals surface area (Å²) in [5.74, 6) is 0.608. The van der Waals surface area contributed by atoms with E-state index in [1.165, 1.54) is 18.1 Å². The number of nitrogens with one attached hydrogen (secondary N) is 2. The minimum Gasteiger partial charge on any atom is -0.384 e. The largest absolute Gasteiger partial charge is 0.384 e. The molecule has 1 atom stereocenters. The molecule has 2 aliphatic heterocycles. The summed E-state index contributed by atoms with van der Waals surface area (Å²) in [6.07, 6.45) is 8.23. The first kappa shape index (κ1) is 24.2. The van der Waals surface area contributed by atoms with E-state index in [9.17, 15) is 8.42 Å². The lowest BCUT2D eigenvalue weighted by Crippen LogP contribution is -2.39. The number of fused-ring (bicyclic) bond motifs is 2. The van der Waals surface area contributed by atoms with E-state index in [1.54, 1.807) is 16.1 Å². The Kier molecular flexibility index (Phi) is 6.29. The molecule has 37 heavy (non-hydrogen) atoms. The Labute approximate surface area is 219 Å². The quantitative estimate of drug-likeness (QED) is 0.322. The van der Waals surface area contributed by atoms with Gasteiger partial charge >= 0.3 is 0 Å². The summed E-state index contributed by atoms with van der Waals surface area (Å²) in [6, 6.07) is 6.34. The SMILES string of the molecule is CS(=O)(=O)N1CCCC(CCn2c(Sc3cc4c(cc3-c3cc[nH]n3)CCN4)nc3c(N)ncnc32)C1. The molecule has 1 saturated heterocycles. The molecule has 0 aliphatic carbocycles. The van der Waals surface area contributed by atoms with E-state index in [-0.39, 0.29) is 5.92 Å². The number of imidazole rings is 1. The number of hydrogen-bond acceptors (Lipinski definition) is 9. The van der Waals surface area contributed by atoms with E-state index in [2.05, 4.69) is 42.2 Å². The van der Waals surface area contributed by atoms with Gasteiger partial charge in [0.05, 0.1) is 11.9 Å². The third kappa shape index (κ3) is 4.78. The van der Waals surface area contributed by atoms with Crippen molar-refractivity contribution in [2.75, 3.05) is 36.9 Å². The molecule has 194 valence electrons. The lowest BCUT2D eigenvalue weighted by Gasteiger charge is -2.31. The van der Waals surface area contributed by atoms with Crippen LogP contribution >= 0.6 is 11.8 Å². The van der Waals surface area contributed by atoms with Gasteiger partial charge in [-0.1, -0.05) is 11.8 Å². The van der Waals surface area contributed by atoms with Crippen molar-refractivity contribution >= 4 is 44.5 Å². The van der Waals surface area contributed by atoms with Crippen LogP contribution in [0.2, 0.25) is 0 Å². The Hall–Kier alpha value is -3.16. The Balaban J connectivity index is 1.35. The van der Waals surface area contributed by atoms with Gasteiger partial charge in [-0.15, -0.1) is 0 Å². The molecule has 5 heterocycles. The van der Waals surface area contributed by atoms with Gasteiger partial charge in [0.15, 0.2) is 22.1 Å². The maximum absolute atomic E-state index is 12.1. The van der Waals surface area contributed by atoms with Crippen LogP contribution in [0.1, 0.15) is 24.8 Å². The van der Waals surface area contributed by atoms with Crippen molar-refractivity contribution in [3.8, 4) is 11.3 Å². The number of sulfonamides is 1. The molecule has 0 spiro atoms. The molecule has 0 amide bonds. The Morgan fingerprint density at radius 1 is 1.27 bits per heavy atom. The Bertz CT molecular complexity index is 1550. The molecular formula is C24H29N9O2S2. The number of nitrogens with zero attached hydrogens (tertiary/aromatic N) is 6. The minimum absolute atomic E-state index is 0.266. The van der Waals surface area contributed by atoms with Crippen molar-refractivity contribution in [2.24, 2.45) is 5.92 Å². The van der Waals surface area contributed by atoms with Crippen LogP contribution < -0.4 is 11.1 Å². The zero-order valence-corrected chi connectivity index (χ0v) is 22.1. The topological polar surface area (TPSA) is 148 Å². The van der Waals surface area contributed by atoms with Crippen LogP contribution in [-0.2, 0) is 23.0 Å².